The molecule has 0 aliphatic heterocycles. The molecule has 0 aliphatic carbocycles. The number of ether oxygens (including phenoxy) is 1. The van der Waals surface area contributed by atoms with E-state index < -0.39 is 11.7 Å². The van der Waals surface area contributed by atoms with Crippen LogP contribution in [0.1, 0.15) is 43.7 Å². The van der Waals surface area contributed by atoms with Crippen molar-refractivity contribution in [2.24, 2.45) is 0 Å². The maximum atomic E-state index is 12.3. The van der Waals surface area contributed by atoms with Crippen LogP contribution in [-0.4, -0.2) is 24.1 Å². The lowest BCUT2D eigenvalue weighted by Crippen LogP contribution is -2.36. The third-order valence-electron chi connectivity index (χ3n) is 3.29. The molecule has 1 atom stereocenters. The van der Waals surface area contributed by atoms with Gasteiger partial charge in [0.15, 0.2) is 0 Å². The molecule has 2 aromatic rings. The number of amides is 2. The molecule has 1 aromatic heterocycles. The predicted octanol–water partition coefficient (Wildman–Crippen LogP) is 3.87. The fraction of sp³-hybridized carbons (Fsp3) is 0.368. The highest BCUT2D eigenvalue weighted by molar-refractivity contribution is 7.10. The quantitative estimate of drug-likeness (QED) is 0.822. The first-order valence-corrected chi connectivity index (χ1v) is 9.08. The van der Waals surface area contributed by atoms with Crippen molar-refractivity contribution in [3.8, 4) is 0 Å². The lowest BCUT2D eigenvalue weighted by atomic mass is 10.1. The molecule has 25 heavy (non-hydrogen) atoms. The number of rotatable bonds is 6. The van der Waals surface area contributed by atoms with Crippen LogP contribution >= 0.6 is 11.3 Å². The fourth-order valence-electron chi connectivity index (χ4n) is 2.25. The molecule has 5 nitrogen and oxygen atoms in total. The zero-order chi connectivity index (χ0) is 18.3. The minimum absolute atomic E-state index is 0.127. The summed E-state index contributed by atoms with van der Waals surface area (Å²) in [5.74, 6) is -0.127. The van der Waals surface area contributed by atoms with Crippen molar-refractivity contribution < 1.29 is 14.3 Å². The molecule has 1 heterocycles. The van der Waals surface area contributed by atoms with E-state index in [9.17, 15) is 9.59 Å². The first-order valence-electron chi connectivity index (χ1n) is 8.20. The van der Waals surface area contributed by atoms with Gasteiger partial charge in [0.1, 0.15) is 5.60 Å². The Morgan fingerprint density at radius 1 is 1.12 bits per heavy atom. The van der Waals surface area contributed by atoms with Gasteiger partial charge < -0.3 is 15.4 Å². The highest BCUT2D eigenvalue weighted by Gasteiger charge is 2.19. The summed E-state index contributed by atoms with van der Waals surface area (Å²) in [5.41, 5.74) is 0.475. The van der Waals surface area contributed by atoms with Crippen molar-refractivity contribution >= 4 is 23.3 Å². The summed E-state index contributed by atoms with van der Waals surface area (Å²) in [5, 5.41) is 7.62. The summed E-state index contributed by atoms with van der Waals surface area (Å²) in [6, 6.07) is 13.6. The van der Waals surface area contributed by atoms with E-state index in [0.717, 1.165) is 10.4 Å². The van der Waals surface area contributed by atoms with E-state index in [-0.39, 0.29) is 24.9 Å². The molecule has 0 aliphatic rings. The van der Waals surface area contributed by atoms with Crippen molar-refractivity contribution in [1.82, 2.24) is 10.6 Å². The summed E-state index contributed by atoms with van der Waals surface area (Å²) in [4.78, 5) is 25.0. The molecule has 2 N–H and O–H groups in total. The molecule has 1 aromatic carbocycles. The number of nitrogens with one attached hydrogen (secondary N) is 2. The summed E-state index contributed by atoms with van der Waals surface area (Å²) >= 11 is 1.60. The average molecular weight is 360 g/mol. The number of carbonyl (C=O) groups is 2. The zero-order valence-electron chi connectivity index (χ0n) is 14.7. The van der Waals surface area contributed by atoms with Gasteiger partial charge in [-0.2, -0.15) is 0 Å². The Bertz CT molecular complexity index is 678. The van der Waals surface area contributed by atoms with Crippen molar-refractivity contribution in [2.45, 2.75) is 38.8 Å². The summed E-state index contributed by atoms with van der Waals surface area (Å²) in [6.07, 6.45) is -0.327. The van der Waals surface area contributed by atoms with E-state index >= 15 is 0 Å². The van der Waals surface area contributed by atoms with E-state index in [4.69, 9.17) is 4.74 Å². The summed E-state index contributed by atoms with van der Waals surface area (Å²) in [7, 11) is 0. The van der Waals surface area contributed by atoms with Gasteiger partial charge in [-0.05, 0) is 37.8 Å². The maximum absolute atomic E-state index is 12.3. The van der Waals surface area contributed by atoms with Gasteiger partial charge in [0.25, 0.3) is 0 Å². The second-order valence-corrected chi connectivity index (χ2v) is 7.58. The minimum Gasteiger partial charge on any atom is -0.444 e. The van der Waals surface area contributed by atoms with Gasteiger partial charge in [0.05, 0.1) is 6.04 Å². The molecule has 0 spiro atoms. The topological polar surface area (TPSA) is 67.4 Å². The van der Waals surface area contributed by atoms with Crippen molar-refractivity contribution in [1.29, 1.82) is 0 Å². The van der Waals surface area contributed by atoms with E-state index in [1.54, 1.807) is 32.1 Å². The fourth-order valence-corrected chi connectivity index (χ4v) is 3.05. The maximum Gasteiger partial charge on any atom is 0.407 e. The molecule has 0 bridgehead atoms. The number of alkyl carbamates (subject to hydrolysis) is 1. The first kappa shape index (κ1) is 19.0. The normalized spacial score (nSPS) is 12.3. The van der Waals surface area contributed by atoms with Gasteiger partial charge in [-0.1, -0.05) is 36.4 Å². The molecule has 0 saturated carbocycles. The molecular formula is C19H24N2O3S. The highest BCUT2D eigenvalue weighted by atomic mass is 32.1. The SMILES string of the molecule is CC(C)(C)OC(=O)NCCC(=O)NC(c1ccccc1)c1cccs1. The van der Waals surface area contributed by atoms with Crippen LogP contribution in [0.5, 0.6) is 0 Å². The lowest BCUT2D eigenvalue weighted by molar-refractivity contribution is -0.121. The largest absolute Gasteiger partial charge is 0.444 e. The molecule has 0 fully saturated rings. The van der Waals surface area contributed by atoms with E-state index in [0.29, 0.717) is 0 Å². The van der Waals surface area contributed by atoms with Crippen LogP contribution in [0, 0.1) is 0 Å². The van der Waals surface area contributed by atoms with Crippen LogP contribution < -0.4 is 10.6 Å². The highest BCUT2D eigenvalue weighted by Crippen LogP contribution is 2.25. The molecule has 0 saturated heterocycles. The molecule has 6 heteroatoms. The Hall–Kier alpha value is -2.34. The monoisotopic (exact) mass is 360 g/mol. The molecule has 2 amide bonds. The Morgan fingerprint density at radius 2 is 1.84 bits per heavy atom. The van der Waals surface area contributed by atoms with Crippen LogP contribution in [0.25, 0.3) is 0 Å². The molecule has 2 rings (SSSR count). The van der Waals surface area contributed by atoms with Crippen molar-refractivity contribution in [2.75, 3.05) is 6.54 Å². The smallest absolute Gasteiger partial charge is 0.407 e. The molecular weight excluding hydrogens is 336 g/mol. The van der Waals surface area contributed by atoms with Gasteiger partial charge in [-0.15, -0.1) is 11.3 Å². The Labute approximate surface area is 152 Å². The average Bonchev–Trinajstić information content (AvgIpc) is 3.06. The van der Waals surface area contributed by atoms with Crippen LogP contribution in [-0.2, 0) is 9.53 Å². The van der Waals surface area contributed by atoms with Crippen LogP contribution in [0.3, 0.4) is 0 Å². The van der Waals surface area contributed by atoms with Gasteiger partial charge in [-0.25, -0.2) is 4.79 Å². The number of hydrogen-bond donors (Lipinski definition) is 2. The summed E-state index contributed by atoms with van der Waals surface area (Å²) in [6.45, 7) is 5.62. The van der Waals surface area contributed by atoms with Crippen LogP contribution in [0.2, 0.25) is 0 Å². The van der Waals surface area contributed by atoms with Crippen molar-refractivity contribution in [3.63, 3.8) is 0 Å². The Balaban J connectivity index is 1.89. The van der Waals surface area contributed by atoms with E-state index in [2.05, 4.69) is 10.6 Å². The lowest BCUT2D eigenvalue weighted by Gasteiger charge is -2.20. The number of benzene rings is 1. The first-order chi connectivity index (χ1) is 11.8. The van der Waals surface area contributed by atoms with Gasteiger partial charge in [-0.3, -0.25) is 4.79 Å². The Morgan fingerprint density at radius 3 is 2.44 bits per heavy atom. The standard InChI is InChI=1S/C19H24N2O3S/c1-19(2,3)24-18(23)20-12-11-16(22)21-17(15-10-7-13-25-15)14-8-5-4-6-9-14/h4-10,13,17H,11-12H2,1-3H3,(H,20,23)(H,21,22). The van der Waals surface area contributed by atoms with E-state index in [1.807, 2.05) is 47.8 Å². The van der Waals surface area contributed by atoms with Gasteiger partial charge >= 0.3 is 6.09 Å². The molecule has 0 radical (unpaired) electrons. The second-order valence-electron chi connectivity index (χ2n) is 6.61. The summed E-state index contributed by atoms with van der Waals surface area (Å²) < 4.78 is 5.15. The molecule has 134 valence electrons. The van der Waals surface area contributed by atoms with E-state index in [1.165, 1.54) is 0 Å². The van der Waals surface area contributed by atoms with Crippen LogP contribution in [0.15, 0.2) is 47.8 Å². The second kappa shape index (κ2) is 8.67. The minimum atomic E-state index is -0.552. The number of carbonyl (C=O) groups excluding carboxylic acids is 2. The predicted molar refractivity (Wildman–Crippen MR) is 99.6 cm³/mol. The number of thiophene rings is 1. The van der Waals surface area contributed by atoms with Crippen LogP contribution in [0.4, 0.5) is 4.79 Å². The third-order valence-corrected chi connectivity index (χ3v) is 4.22. The third kappa shape index (κ3) is 6.58. The van der Waals surface area contributed by atoms with Crippen molar-refractivity contribution in [3.05, 3.63) is 58.3 Å². The van der Waals surface area contributed by atoms with Gasteiger partial charge in [0.2, 0.25) is 5.91 Å². The van der Waals surface area contributed by atoms with Gasteiger partial charge in [0, 0.05) is 17.8 Å². The Kier molecular flexibility index (Phi) is 6.58. The molecule has 1 unspecified atom stereocenters. The zero-order valence-corrected chi connectivity index (χ0v) is 15.6. The number of hydrogen-bond acceptors (Lipinski definition) is 4.